The van der Waals surface area contributed by atoms with E-state index in [4.69, 9.17) is 0 Å². The Labute approximate surface area is 134 Å². The largest absolute Gasteiger partial charge is 0.366 e. The Kier molecular flexibility index (Phi) is 3.57. The fourth-order valence-corrected chi connectivity index (χ4v) is 6.39. The first-order valence-corrected chi connectivity index (χ1v) is 10.5. The highest BCUT2D eigenvalue weighted by molar-refractivity contribution is 7.91. The van der Waals surface area contributed by atoms with E-state index in [-0.39, 0.29) is 11.8 Å². The average molecular weight is 337 g/mol. The molecule has 4 rings (SSSR count). The number of aromatic nitrogens is 2. The monoisotopic (exact) mass is 337 g/mol. The minimum atomic E-state index is -2.91. The van der Waals surface area contributed by atoms with E-state index in [2.05, 4.69) is 15.3 Å². The van der Waals surface area contributed by atoms with E-state index >= 15 is 0 Å². The maximum Gasteiger partial charge on any atom is 0.152 e. The van der Waals surface area contributed by atoms with Gasteiger partial charge in [0.05, 0.1) is 16.9 Å². The molecule has 1 aliphatic heterocycles. The number of hydrogen-bond acceptors (Lipinski definition) is 6. The molecule has 0 amide bonds. The molecule has 5 nitrogen and oxygen atoms in total. The number of nitrogens with one attached hydrogen (secondary N) is 1. The molecular formula is C15H19N3O2S2. The second-order valence-corrected chi connectivity index (χ2v) is 9.52. The fraction of sp³-hybridized carbons (Fsp3) is 0.600. The van der Waals surface area contributed by atoms with Gasteiger partial charge in [-0.2, -0.15) is 0 Å². The van der Waals surface area contributed by atoms with Crippen molar-refractivity contribution >= 4 is 37.2 Å². The topological polar surface area (TPSA) is 72.0 Å². The summed E-state index contributed by atoms with van der Waals surface area (Å²) >= 11 is 1.77. The van der Waals surface area contributed by atoms with Gasteiger partial charge in [-0.3, -0.25) is 0 Å². The molecule has 0 radical (unpaired) electrons. The molecule has 3 heterocycles. The standard InChI is InChI=1S/C15H19N3O2S2/c19-22(20)7-3-4-10(8-22)18-14-13-11-5-1-2-6-12(11)21-15(13)17-9-16-14/h9-10H,1-8H2,(H,16,17,18)/t10-/m0/s1. The van der Waals surface area contributed by atoms with Gasteiger partial charge < -0.3 is 5.32 Å². The lowest BCUT2D eigenvalue weighted by Crippen LogP contribution is -2.35. The minimum absolute atomic E-state index is 0.0315. The summed E-state index contributed by atoms with van der Waals surface area (Å²) in [5, 5.41) is 4.52. The van der Waals surface area contributed by atoms with Crippen LogP contribution in [-0.4, -0.2) is 35.9 Å². The van der Waals surface area contributed by atoms with Crippen molar-refractivity contribution in [2.45, 2.75) is 44.6 Å². The lowest BCUT2D eigenvalue weighted by Gasteiger charge is -2.24. The van der Waals surface area contributed by atoms with E-state index in [1.807, 2.05) is 0 Å². The van der Waals surface area contributed by atoms with Gasteiger partial charge in [-0.25, -0.2) is 18.4 Å². The van der Waals surface area contributed by atoms with Crippen molar-refractivity contribution in [3.8, 4) is 0 Å². The number of sulfone groups is 1. The maximum atomic E-state index is 11.8. The van der Waals surface area contributed by atoms with Crippen LogP contribution in [0.4, 0.5) is 5.82 Å². The molecule has 0 aromatic carbocycles. The molecule has 7 heteroatoms. The number of fused-ring (bicyclic) bond motifs is 3. The van der Waals surface area contributed by atoms with Crippen molar-refractivity contribution in [3.05, 3.63) is 16.8 Å². The molecule has 118 valence electrons. The van der Waals surface area contributed by atoms with Crippen molar-refractivity contribution in [2.24, 2.45) is 0 Å². The lowest BCUT2D eigenvalue weighted by atomic mass is 9.97. The predicted octanol–water partition coefficient (Wildman–Crippen LogP) is 2.56. The van der Waals surface area contributed by atoms with Crippen LogP contribution < -0.4 is 5.32 Å². The van der Waals surface area contributed by atoms with Gasteiger partial charge in [0, 0.05) is 10.9 Å². The van der Waals surface area contributed by atoms with Gasteiger partial charge in [0.15, 0.2) is 9.84 Å². The lowest BCUT2D eigenvalue weighted by molar-refractivity contribution is 0.561. The molecule has 0 saturated carbocycles. The van der Waals surface area contributed by atoms with Gasteiger partial charge in [-0.05, 0) is 44.1 Å². The third-order valence-electron chi connectivity index (χ3n) is 4.56. The Bertz CT molecular complexity index is 814. The summed E-state index contributed by atoms with van der Waals surface area (Å²) in [6.45, 7) is 0. The van der Waals surface area contributed by atoms with E-state index < -0.39 is 9.84 Å². The molecule has 2 aromatic rings. The summed E-state index contributed by atoms with van der Waals surface area (Å²) in [6, 6.07) is -0.0315. The highest BCUT2D eigenvalue weighted by Crippen LogP contribution is 2.38. The summed E-state index contributed by atoms with van der Waals surface area (Å²) in [6.07, 6.45) is 7.88. The van der Waals surface area contributed by atoms with Crippen LogP contribution in [0.1, 0.15) is 36.1 Å². The van der Waals surface area contributed by atoms with Crippen molar-refractivity contribution in [1.82, 2.24) is 9.97 Å². The van der Waals surface area contributed by atoms with Crippen LogP contribution in [0.3, 0.4) is 0 Å². The molecule has 2 aliphatic rings. The second-order valence-electron chi connectivity index (χ2n) is 6.21. The van der Waals surface area contributed by atoms with Gasteiger partial charge in [-0.15, -0.1) is 11.3 Å². The SMILES string of the molecule is O=S1(=O)CCC[C@H](Nc2ncnc3sc4c(c23)CCCC4)C1. The molecule has 1 aliphatic carbocycles. The van der Waals surface area contributed by atoms with Crippen LogP contribution in [0.5, 0.6) is 0 Å². The first-order chi connectivity index (χ1) is 10.6. The fourth-order valence-electron chi connectivity index (χ4n) is 3.53. The highest BCUT2D eigenvalue weighted by Gasteiger charge is 2.26. The summed E-state index contributed by atoms with van der Waals surface area (Å²) < 4.78 is 23.7. The van der Waals surface area contributed by atoms with Gasteiger partial charge in [-0.1, -0.05) is 0 Å². The van der Waals surface area contributed by atoms with E-state index in [1.54, 1.807) is 17.7 Å². The Hall–Kier alpha value is -1.21. The Morgan fingerprint density at radius 3 is 2.91 bits per heavy atom. The predicted molar refractivity (Wildman–Crippen MR) is 89.4 cm³/mol. The molecule has 2 aromatic heterocycles. The van der Waals surface area contributed by atoms with E-state index in [9.17, 15) is 8.42 Å². The van der Waals surface area contributed by atoms with Crippen LogP contribution in [0.25, 0.3) is 10.2 Å². The zero-order valence-electron chi connectivity index (χ0n) is 12.3. The molecule has 0 unspecified atom stereocenters. The third kappa shape index (κ3) is 2.60. The van der Waals surface area contributed by atoms with Crippen LogP contribution in [-0.2, 0) is 22.7 Å². The normalized spacial score (nSPS) is 24.1. The Morgan fingerprint density at radius 2 is 2.05 bits per heavy atom. The first-order valence-electron chi connectivity index (χ1n) is 7.84. The maximum absolute atomic E-state index is 11.8. The molecule has 0 spiro atoms. The van der Waals surface area contributed by atoms with Gasteiger partial charge in [0.1, 0.15) is 17.0 Å². The summed E-state index contributed by atoms with van der Waals surface area (Å²) in [4.78, 5) is 11.3. The Balaban J connectivity index is 1.71. The van der Waals surface area contributed by atoms with Crippen molar-refractivity contribution < 1.29 is 8.42 Å². The Morgan fingerprint density at radius 1 is 1.18 bits per heavy atom. The van der Waals surface area contributed by atoms with Gasteiger partial charge in [0.2, 0.25) is 0 Å². The zero-order valence-corrected chi connectivity index (χ0v) is 14.0. The quantitative estimate of drug-likeness (QED) is 0.912. The number of anilines is 1. The van der Waals surface area contributed by atoms with Gasteiger partial charge >= 0.3 is 0 Å². The number of nitrogens with zero attached hydrogens (tertiary/aromatic N) is 2. The average Bonchev–Trinajstić information content (AvgIpc) is 2.85. The van der Waals surface area contributed by atoms with Crippen LogP contribution >= 0.6 is 11.3 Å². The summed E-state index contributed by atoms with van der Waals surface area (Å²) in [5.41, 5.74) is 1.38. The molecule has 1 saturated heterocycles. The van der Waals surface area contributed by atoms with Crippen molar-refractivity contribution in [1.29, 1.82) is 0 Å². The van der Waals surface area contributed by atoms with Crippen LogP contribution in [0, 0.1) is 0 Å². The first kappa shape index (κ1) is 14.4. The summed E-state index contributed by atoms with van der Waals surface area (Å²) in [5.74, 6) is 1.36. The number of aryl methyl sites for hydroxylation is 2. The second kappa shape index (κ2) is 5.45. The van der Waals surface area contributed by atoms with Gasteiger partial charge in [0.25, 0.3) is 0 Å². The molecule has 1 N–H and O–H groups in total. The van der Waals surface area contributed by atoms with Crippen molar-refractivity contribution in [2.75, 3.05) is 16.8 Å². The zero-order chi connectivity index (χ0) is 15.2. The van der Waals surface area contributed by atoms with Crippen LogP contribution in [0.15, 0.2) is 6.33 Å². The molecule has 22 heavy (non-hydrogen) atoms. The molecule has 0 bridgehead atoms. The molecule has 1 atom stereocenters. The minimum Gasteiger partial charge on any atom is -0.366 e. The number of hydrogen-bond donors (Lipinski definition) is 1. The third-order valence-corrected chi connectivity index (χ3v) is 7.58. The van der Waals surface area contributed by atoms with Crippen LogP contribution in [0.2, 0.25) is 0 Å². The number of rotatable bonds is 2. The summed E-state index contributed by atoms with van der Waals surface area (Å²) in [7, 11) is -2.91. The van der Waals surface area contributed by atoms with Crippen molar-refractivity contribution in [3.63, 3.8) is 0 Å². The van der Waals surface area contributed by atoms with E-state index in [0.717, 1.165) is 41.7 Å². The highest BCUT2D eigenvalue weighted by atomic mass is 32.2. The molecular weight excluding hydrogens is 318 g/mol. The van der Waals surface area contributed by atoms with E-state index in [1.165, 1.54) is 23.3 Å². The van der Waals surface area contributed by atoms with E-state index in [0.29, 0.717) is 5.75 Å². The number of thiophene rings is 1. The molecule has 1 fully saturated rings. The smallest absolute Gasteiger partial charge is 0.152 e.